The number of hydrogen-bond acceptors (Lipinski definition) is 3. The first-order valence-electron chi connectivity index (χ1n) is 10.1. The van der Waals surface area contributed by atoms with Gasteiger partial charge in [-0.05, 0) is 74.2 Å². The van der Waals surface area contributed by atoms with Gasteiger partial charge in [0, 0.05) is 17.8 Å². The first kappa shape index (κ1) is 17.5. The van der Waals surface area contributed by atoms with Crippen molar-refractivity contribution in [1.29, 1.82) is 0 Å². The molecule has 0 aromatic rings. The standard InChI is InChI=1S/C22H32O3/c1-12-9-17(13(2)23)22(4)19(25)11-18-16(20(12)22)6-5-14-10-15(24)7-8-21(14,18)3/h10,12,16-20,25H,5-9,11H2,1-4H3/t12-,16?,17?,18?,19+,20?,21-,22-/m0/s1. The lowest BCUT2D eigenvalue weighted by molar-refractivity contribution is -0.152. The summed E-state index contributed by atoms with van der Waals surface area (Å²) in [5.74, 6) is 2.45. The van der Waals surface area contributed by atoms with Gasteiger partial charge in [-0.3, -0.25) is 9.59 Å². The van der Waals surface area contributed by atoms with Crippen molar-refractivity contribution in [2.45, 2.75) is 72.3 Å². The molecule has 138 valence electrons. The normalized spacial score (nSPS) is 52.0. The maximum atomic E-state index is 12.3. The number of carbonyl (C=O) groups is 2. The molecule has 25 heavy (non-hydrogen) atoms. The number of aliphatic hydroxyl groups is 1. The highest BCUT2D eigenvalue weighted by molar-refractivity contribution is 5.91. The number of aliphatic hydroxyl groups excluding tert-OH is 1. The van der Waals surface area contributed by atoms with Crippen LogP contribution >= 0.6 is 0 Å². The van der Waals surface area contributed by atoms with Crippen LogP contribution in [0.1, 0.15) is 66.2 Å². The summed E-state index contributed by atoms with van der Waals surface area (Å²) in [4.78, 5) is 24.3. The van der Waals surface area contributed by atoms with Gasteiger partial charge >= 0.3 is 0 Å². The molecule has 0 aromatic heterocycles. The molecule has 8 atom stereocenters. The third-order valence-electron chi connectivity index (χ3n) is 8.88. The van der Waals surface area contributed by atoms with Gasteiger partial charge in [-0.2, -0.15) is 0 Å². The Morgan fingerprint density at radius 3 is 2.64 bits per heavy atom. The van der Waals surface area contributed by atoms with Crippen molar-refractivity contribution >= 4 is 11.6 Å². The number of rotatable bonds is 1. The molecule has 4 unspecified atom stereocenters. The van der Waals surface area contributed by atoms with Crippen molar-refractivity contribution in [3.8, 4) is 0 Å². The smallest absolute Gasteiger partial charge is 0.155 e. The first-order chi connectivity index (χ1) is 11.7. The zero-order chi connectivity index (χ0) is 18.1. The van der Waals surface area contributed by atoms with Crippen LogP contribution in [0.4, 0.5) is 0 Å². The zero-order valence-electron chi connectivity index (χ0n) is 16.0. The monoisotopic (exact) mass is 344 g/mol. The van der Waals surface area contributed by atoms with Crippen LogP contribution in [0.25, 0.3) is 0 Å². The van der Waals surface area contributed by atoms with Crippen LogP contribution in [0.15, 0.2) is 11.6 Å². The highest BCUT2D eigenvalue weighted by Crippen LogP contribution is 2.67. The Balaban J connectivity index is 1.75. The SMILES string of the molecule is CC(=O)C1C[C@H](C)C2C3CCC4=CC(=O)CC[C@]4(C)C3C[C@@H](O)[C@]12C. The maximum absolute atomic E-state index is 12.3. The Kier molecular flexibility index (Phi) is 3.85. The van der Waals surface area contributed by atoms with Crippen molar-refractivity contribution in [3.63, 3.8) is 0 Å². The number of ketones is 2. The van der Waals surface area contributed by atoms with E-state index in [9.17, 15) is 14.7 Å². The number of carbonyl (C=O) groups excluding carboxylic acids is 2. The van der Waals surface area contributed by atoms with Crippen molar-refractivity contribution in [2.24, 2.45) is 40.4 Å². The fourth-order valence-electron chi connectivity index (χ4n) is 7.67. The molecule has 4 aliphatic carbocycles. The minimum atomic E-state index is -0.411. The zero-order valence-corrected chi connectivity index (χ0v) is 16.0. The topological polar surface area (TPSA) is 54.4 Å². The number of Topliss-reactive ketones (excluding diaryl/α,β-unsaturated/α-hetero) is 1. The molecule has 4 rings (SSSR count). The molecule has 0 aliphatic heterocycles. The summed E-state index contributed by atoms with van der Waals surface area (Å²) in [5.41, 5.74) is 1.12. The summed E-state index contributed by atoms with van der Waals surface area (Å²) in [7, 11) is 0. The highest BCUT2D eigenvalue weighted by Gasteiger charge is 2.65. The van der Waals surface area contributed by atoms with Crippen LogP contribution in [0, 0.1) is 40.4 Å². The Bertz CT molecular complexity index is 650. The Labute approximate surface area is 151 Å². The summed E-state index contributed by atoms with van der Waals surface area (Å²) in [6.07, 6.45) is 6.92. The van der Waals surface area contributed by atoms with Crippen molar-refractivity contribution in [1.82, 2.24) is 0 Å². The molecule has 0 aromatic carbocycles. The molecule has 0 heterocycles. The maximum Gasteiger partial charge on any atom is 0.155 e. The van der Waals surface area contributed by atoms with E-state index in [0.29, 0.717) is 30.1 Å². The van der Waals surface area contributed by atoms with E-state index < -0.39 is 6.10 Å². The van der Waals surface area contributed by atoms with Crippen molar-refractivity contribution in [2.75, 3.05) is 0 Å². The molecule has 4 aliphatic rings. The van der Waals surface area contributed by atoms with E-state index in [2.05, 4.69) is 20.8 Å². The van der Waals surface area contributed by atoms with E-state index in [1.54, 1.807) is 6.92 Å². The average molecular weight is 344 g/mol. The molecule has 3 fully saturated rings. The third kappa shape index (κ3) is 2.20. The molecule has 0 radical (unpaired) electrons. The molecule has 0 saturated heterocycles. The van der Waals surface area contributed by atoms with Crippen LogP contribution in [-0.2, 0) is 9.59 Å². The van der Waals surface area contributed by atoms with Gasteiger partial charge in [-0.15, -0.1) is 0 Å². The second kappa shape index (κ2) is 5.52. The molecule has 3 saturated carbocycles. The first-order valence-corrected chi connectivity index (χ1v) is 10.1. The minimum Gasteiger partial charge on any atom is -0.393 e. The molecule has 3 heteroatoms. The molecular formula is C22H32O3. The summed E-state index contributed by atoms with van der Waals surface area (Å²) in [6, 6.07) is 0. The molecule has 3 nitrogen and oxygen atoms in total. The van der Waals surface area contributed by atoms with E-state index in [0.717, 1.165) is 32.1 Å². The lowest BCUT2D eigenvalue weighted by Gasteiger charge is -2.60. The predicted molar refractivity (Wildman–Crippen MR) is 96.8 cm³/mol. The predicted octanol–water partition coefficient (Wildman–Crippen LogP) is 3.94. The van der Waals surface area contributed by atoms with E-state index in [4.69, 9.17) is 0 Å². The van der Waals surface area contributed by atoms with Crippen LogP contribution in [0.5, 0.6) is 0 Å². The second-order valence-corrected chi connectivity index (χ2v) is 9.88. The highest BCUT2D eigenvalue weighted by atomic mass is 16.3. The van der Waals surface area contributed by atoms with Gasteiger partial charge in [0.15, 0.2) is 5.78 Å². The summed E-state index contributed by atoms with van der Waals surface area (Å²) in [5, 5.41) is 11.2. The van der Waals surface area contributed by atoms with Gasteiger partial charge in [-0.1, -0.05) is 26.3 Å². The fourth-order valence-corrected chi connectivity index (χ4v) is 7.67. The fraction of sp³-hybridized carbons (Fsp3) is 0.818. The van der Waals surface area contributed by atoms with E-state index in [1.807, 2.05) is 6.08 Å². The number of hydrogen-bond donors (Lipinski definition) is 1. The van der Waals surface area contributed by atoms with E-state index in [-0.39, 0.29) is 28.3 Å². The van der Waals surface area contributed by atoms with E-state index >= 15 is 0 Å². The molecule has 0 amide bonds. The quantitative estimate of drug-likeness (QED) is 0.784. The van der Waals surface area contributed by atoms with Crippen LogP contribution < -0.4 is 0 Å². The Morgan fingerprint density at radius 1 is 1.24 bits per heavy atom. The van der Waals surface area contributed by atoms with Gasteiger partial charge in [0.2, 0.25) is 0 Å². The largest absolute Gasteiger partial charge is 0.393 e. The second-order valence-electron chi connectivity index (χ2n) is 9.88. The molecular weight excluding hydrogens is 312 g/mol. The summed E-state index contributed by atoms with van der Waals surface area (Å²) in [6.45, 7) is 8.52. The molecule has 1 N–H and O–H groups in total. The average Bonchev–Trinajstić information content (AvgIpc) is 2.82. The van der Waals surface area contributed by atoms with E-state index in [1.165, 1.54) is 5.57 Å². The van der Waals surface area contributed by atoms with Gasteiger partial charge in [-0.25, -0.2) is 0 Å². The van der Waals surface area contributed by atoms with Gasteiger partial charge in [0.25, 0.3) is 0 Å². The molecule has 0 bridgehead atoms. The lowest BCUT2D eigenvalue weighted by Crippen LogP contribution is -2.57. The van der Waals surface area contributed by atoms with Crippen molar-refractivity contribution < 1.29 is 14.7 Å². The number of allylic oxidation sites excluding steroid dienone is 1. The summed E-state index contributed by atoms with van der Waals surface area (Å²) < 4.78 is 0. The van der Waals surface area contributed by atoms with Gasteiger partial charge in [0.05, 0.1) is 6.10 Å². The van der Waals surface area contributed by atoms with Gasteiger partial charge in [0.1, 0.15) is 5.78 Å². The minimum absolute atomic E-state index is 0.00105. The summed E-state index contributed by atoms with van der Waals surface area (Å²) >= 11 is 0. The Hall–Kier alpha value is -0.960. The van der Waals surface area contributed by atoms with Crippen LogP contribution in [-0.4, -0.2) is 22.8 Å². The van der Waals surface area contributed by atoms with Gasteiger partial charge < -0.3 is 5.11 Å². The lowest BCUT2D eigenvalue weighted by atomic mass is 9.45. The van der Waals surface area contributed by atoms with Crippen LogP contribution in [0.3, 0.4) is 0 Å². The molecule has 0 spiro atoms. The third-order valence-corrected chi connectivity index (χ3v) is 8.88. The number of fused-ring (bicyclic) bond motifs is 5. The van der Waals surface area contributed by atoms with Crippen LogP contribution in [0.2, 0.25) is 0 Å². The Morgan fingerprint density at radius 2 is 1.96 bits per heavy atom. The van der Waals surface area contributed by atoms with Crippen molar-refractivity contribution in [3.05, 3.63) is 11.6 Å².